The molecule has 0 saturated heterocycles. The zero-order valence-electron chi connectivity index (χ0n) is 10.4. The minimum atomic E-state index is -0.228. The van der Waals surface area contributed by atoms with Crippen LogP contribution in [-0.2, 0) is 13.1 Å². The summed E-state index contributed by atoms with van der Waals surface area (Å²) in [7, 11) is 0. The third-order valence-electron chi connectivity index (χ3n) is 3.21. The van der Waals surface area contributed by atoms with Crippen molar-refractivity contribution >= 4 is 15.9 Å². The Morgan fingerprint density at radius 3 is 2.95 bits per heavy atom. The van der Waals surface area contributed by atoms with Crippen LogP contribution in [0.15, 0.2) is 34.9 Å². The molecule has 100 valence electrons. The lowest BCUT2D eigenvalue weighted by Gasteiger charge is -2.09. The second-order valence-electron chi connectivity index (χ2n) is 4.91. The zero-order chi connectivity index (χ0) is 13.2. The van der Waals surface area contributed by atoms with Gasteiger partial charge in [-0.25, -0.2) is 4.39 Å². The molecule has 5 heteroatoms. The van der Waals surface area contributed by atoms with Crippen molar-refractivity contribution in [2.24, 2.45) is 0 Å². The number of hydrogen-bond acceptors (Lipinski definition) is 2. The van der Waals surface area contributed by atoms with Gasteiger partial charge in [-0.05, 0) is 42.7 Å². The molecule has 1 aliphatic carbocycles. The van der Waals surface area contributed by atoms with Crippen LogP contribution in [0.3, 0.4) is 0 Å². The molecule has 0 spiro atoms. The Balaban J connectivity index is 1.72. The predicted molar refractivity (Wildman–Crippen MR) is 75.3 cm³/mol. The molecule has 1 heterocycles. The van der Waals surface area contributed by atoms with Gasteiger partial charge in [-0.3, -0.25) is 4.68 Å². The van der Waals surface area contributed by atoms with E-state index >= 15 is 0 Å². The van der Waals surface area contributed by atoms with E-state index < -0.39 is 0 Å². The van der Waals surface area contributed by atoms with E-state index in [0.29, 0.717) is 12.6 Å². The third kappa shape index (κ3) is 3.42. The first-order chi connectivity index (χ1) is 9.20. The highest BCUT2D eigenvalue weighted by atomic mass is 79.9. The van der Waals surface area contributed by atoms with Gasteiger partial charge in [-0.2, -0.15) is 5.10 Å². The van der Waals surface area contributed by atoms with Crippen LogP contribution in [0.2, 0.25) is 0 Å². The van der Waals surface area contributed by atoms with Crippen molar-refractivity contribution in [2.45, 2.75) is 32.0 Å². The van der Waals surface area contributed by atoms with E-state index in [2.05, 4.69) is 26.3 Å². The van der Waals surface area contributed by atoms with Gasteiger partial charge in [0.05, 0.1) is 12.2 Å². The Hall–Kier alpha value is -1.20. The van der Waals surface area contributed by atoms with E-state index in [1.165, 1.54) is 18.9 Å². The molecule has 0 amide bonds. The minimum Gasteiger partial charge on any atom is -0.308 e. The lowest BCUT2D eigenvalue weighted by Crippen LogP contribution is -2.18. The van der Waals surface area contributed by atoms with Gasteiger partial charge in [-0.15, -0.1) is 0 Å². The summed E-state index contributed by atoms with van der Waals surface area (Å²) in [5.74, 6) is -0.228. The highest BCUT2D eigenvalue weighted by molar-refractivity contribution is 9.10. The van der Waals surface area contributed by atoms with E-state index in [9.17, 15) is 4.39 Å². The van der Waals surface area contributed by atoms with Gasteiger partial charge in [0, 0.05) is 23.3 Å². The minimum absolute atomic E-state index is 0.228. The van der Waals surface area contributed by atoms with Crippen LogP contribution in [0, 0.1) is 5.82 Å². The second kappa shape index (κ2) is 5.43. The molecule has 2 aromatic rings. The lowest BCUT2D eigenvalue weighted by molar-refractivity contribution is 0.587. The molecule has 0 radical (unpaired) electrons. The summed E-state index contributed by atoms with van der Waals surface area (Å²) in [4.78, 5) is 0. The number of halogens is 2. The first kappa shape index (κ1) is 12.8. The Bertz CT molecular complexity index is 558. The summed E-state index contributed by atoms with van der Waals surface area (Å²) in [5.41, 5.74) is 2.04. The van der Waals surface area contributed by atoms with Crippen molar-refractivity contribution in [1.29, 1.82) is 0 Å². The van der Waals surface area contributed by atoms with Crippen LogP contribution >= 0.6 is 15.9 Å². The van der Waals surface area contributed by atoms with E-state index in [1.807, 2.05) is 16.8 Å². The zero-order valence-corrected chi connectivity index (χ0v) is 12.0. The average Bonchev–Trinajstić information content (AvgIpc) is 3.07. The number of rotatable bonds is 5. The van der Waals surface area contributed by atoms with Gasteiger partial charge in [0.25, 0.3) is 0 Å². The maximum Gasteiger partial charge on any atom is 0.124 e. The fraction of sp³-hybridized carbons (Fsp3) is 0.357. The molecule has 1 aromatic heterocycles. The summed E-state index contributed by atoms with van der Waals surface area (Å²) in [6.45, 7) is 1.41. The first-order valence-corrected chi connectivity index (χ1v) is 7.19. The molecule has 1 N–H and O–H groups in total. The van der Waals surface area contributed by atoms with Crippen molar-refractivity contribution < 1.29 is 4.39 Å². The number of nitrogens with zero attached hydrogens (tertiary/aromatic N) is 2. The smallest absolute Gasteiger partial charge is 0.124 e. The topological polar surface area (TPSA) is 29.9 Å². The van der Waals surface area contributed by atoms with E-state index in [-0.39, 0.29) is 5.82 Å². The van der Waals surface area contributed by atoms with Crippen molar-refractivity contribution in [3.05, 3.63) is 52.0 Å². The summed E-state index contributed by atoms with van der Waals surface area (Å²) in [6, 6.07) is 7.60. The predicted octanol–water partition coefficient (Wildman–Crippen LogP) is 3.09. The maximum absolute atomic E-state index is 13.3. The first-order valence-electron chi connectivity index (χ1n) is 6.40. The van der Waals surface area contributed by atoms with Gasteiger partial charge in [-0.1, -0.05) is 15.9 Å². The van der Waals surface area contributed by atoms with Crippen LogP contribution in [0.1, 0.15) is 24.1 Å². The number of benzene rings is 1. The van der Waals surface area contributed by atoms with Crippen LogP contribution in [0.4, 0.5) is 4.39 Å². The number of hydrogen-bond donors (Lipinski definition) is 1. The van der Waals surface area contributed by atoms with Crippen molar-refractivity contribution in [1.82, 2.24) is 15.1 Å². The Labute approximate surface area is 119 Å². The van der Waals surface area contributed by atoms with Gasteiger partial charge < -0.3 is 5.32 Å². The second-order valence-corrected chi connectivity index (χ2v) is 5.83. The quantitative estimate of drug-likeness (QED) is 0.916. The highest BCUT2D eigenvalue weighted by Crippen LogP contribution is 2.20. The van der Waals surface area contributed by atoms with Gasteiger partial charge in [0.2, 0.25) is 0 Å². The lowest BCUT2D eigenvalue weighted by atomic mass is 10.2. The van der Waals surface area contributed by atoms with Crippen molar-refractivity contribution in [3.63, 3.8) is 0 Å². The van der Waals surface area contributed by atoms with E-state index in [0.717, 1.165) is 22.3 Å². The average molecular weight is 324 g/mol. The highest BCUT2D eigenvalue weighted by Gasteiger charge is 2.20. The molecule has 1 aliphatic rings. The molecule has 0 unspecified atom stereocenters. The van der Waals surface area contributed by atoms with Crippen LogP contribution < -0.4 is 5.32 Å². The standard InChI is InChI=1S/C14H15BrFN3/c15-11-5-10(6-12(16)7-11)9-19-14(3-4-18-19)8-17-13-1-2-13/h3-7,13,17H,1-2,8-9H2. The normalized spacial score (nSPS) is 14.8. The van der Waals surface area contributed by atoms with E-state index in [1.54, 1.807) is 12.3 Å². The maximum atomic E-state index is 13.3. The molecule has 1 saturated carbocycles. The largest absolute Gasteiger partial charge is 0.308 e. The SMILES string of the molecule is Fc1cc(Br)cc(Cn2nccc2CNC2CC2)c1. The van der Waals surface area contributed by atoms with Crippen LogP contribution in [0.5, 0.6) is 0 Å². The number of aromatic nitrogens is 2. The van der Waals surface area contributed by atoms with E-state index in [4.69, 9.17) is 0 Å². The fourth-order valence-corrected chi connectivity index (χ4v) is 2.58. The molecular formula is C14H15BrFN3. The Morgan fingerprint density at radius 2 is 2.21 bits per heavy atom. The van der Waals surface area contributed by atoms with Crippen LogP contribution in [-0.4, -0.2) is 15.8 Å². The summed E-state index contributed by atoms with van der Waals surface area (Å²) >= 11 is 3.31. The number of nitrogens with one attached hydrogen (secondary N) is 1. The van der Waals surface area contributed by atoms with Gasteiger partial charge in [0.1, 0.15) is 5.82 Å². The molecule has 1 fully saturated rings. The van der Waals surface area contributed by atoms with Crippen LogP contribution in [0.25, 0.3) is 0 Å². The molecular weight excluding hydrogens is 309 g/mol. The third-order valence-corrected chi connectivity index (χ3v) is 3.67. The molecule has 0 aliphatic heterocycles. The molecule has 19 heavy (non-hydrogen) atoms. The van der Waals surface area contributed by atoms with Gasteiger partial charge >= 0.3 is 0 Å². The Kier molecular flexibility index (Phi) is 3.66. The van der Waals surface area contributed by atoms with Gasteiger partial charge in [0.15, 0.2) is 0 Å². The molecule has 0 atom stereocenters. The molecule has 1 aromatic carbocycles. The summed E-state index contributed by atoms with van der Waals surface area (Å²) in [5, 5.41) is 7.77. The molecule has 3 nitrogen and oxygen atoms in total. The molecule has 0 bridgehead atoms. The summed E-state index contributed by atoms with van der Waals surface area (Å²) < 4.78 is 16.0. The molecule has 3 rings (SSSR count). The summed E-state index contributed by atoms with van der Waals surface area (Å²) in [6.07, 6.45) is 4.33. The van der Waals surface area contributed by atoms with Crippen molar-refractivity contribution in [2.75, 3.05) is 0 Å². The monoisotopic (exact) mass is 323 g/mol. The van der Waals surface area contributed by atoms with Crippen molar-refractivity contribution in [3.8, 4) is 0 Å². The Morgan fingerprint density at radius 1 is 1.37 bits per heavy atom. The fourth-order valence-electron chi connectivity index (χ4n) is 2.06.